The van der Waals surface area contributed by atoms with E-state index < -0.39 is 48.7 Å². The topological polar surface area (TPSA) is 168 Å². The first kappa shape index (κ1) is 26.6. The molecule has 0 aromatic heterocycles. The number of rotatable bonds is 8. The van der Waals surface area contributed by atoms with E-state index in [1.165, 1.54) is 0 Å². The molecule has 0 spiro atoms. The SMILES string of the molecule is OCC1C(O)C(O)C(O)CN1C=CCc1cccc(CC=CN2CC(O)C(O)C(O)C2CO)c1. The molecule has 190 valence electrons. The van der Waals surface area contributed by atoms with Gasteiger partial charge in [0, 0.05) is 13.1 Å². The van der Waals surface area contributed by atoms with E-state index in [4.69, 9.17) is 0 Å². The molecule has 1 aromatic rings. The van der Waals surface area contributed by atoms with Gasteiger partial charge in [0.05, 0.1) is 37.5 Å². The summed E-state index contributed by atoms with van der Waals surface area (Å²) in [7, 11) is 0. The summed E-state index contributed by atoms with van der Waals surface area (Å²) in [6.07, 6.45) is 1.03. The number of hydrogen-bond donors (Lipinski definition) is 8. The molecular formula is C24H36N2O8. The van der Waals surface area contributed by atoms with Crippen molar-refractivity contribution < 1.29 is 40.9 Å². The van der Waals surface area contributed by atoms with Crippen molar-refractivity contribution in [2.24, 2.45) is 0 Å². The molecule has 2 aliphatic rings. The lowest BCUT2D eigenvalue weighted by Gasteiger charge is -2.42. The molecule has 0 saturated carbocycles. The first-order valence-electron chi connectivity index (χ1n) is 11.5. The minimum atomic E-state index is -1.29. The Labute approximate surface area is 198 Å². The van der Waals surface area contributed by atoms with Crippen molar-refractivity contribution in [3.05, 3.63) is 59.9 Å². The summed E-state index contributed by atoms with van der Waals surface area (Å²) in [5.41, 5.74) is 2.06. The molecule has 10 nitrogen and oxygen atoms in total. The fraction of sp³-hybridized carbons (Fsp3) is 0.583. The van der Waals surface area contributed by atoms with Crippen LogP contribution in [-0.2, 0) is 12.8 Å². The van der Waals surface area contributed by atoms with Gasteiger partial charge in [0.25, 0.3) is 0 Å². The molecule has 2 heterocycles. The number of likely N-dealkylation sites (tertiary alicyclic amines) is 2. The Kier molecular flexibility index (Phi) is 9.46. The number of β-amino-alcohol motifs (C(OH)–C–C–N with tert-alkyl or cyclic N) is 2. The summed E-state index contributed by atoms with van der Waals surface area (Å²) >= 11 is 0. The molecule has 3 rings (SSSR count). The predicted octanol–water partition coefficient (Wildman–Crippen LogP) is -2.68. The molecule has 8 N–H and O–H groups in total. The van der Waals surface area contributed by atoms with Crippen LogP contribution in [0.2, 0.25) is 0 Å². The number of aliphatic hydroxyl groups excluding tert-OH is 8. The number of hydrogen-bond acceptors (Lipinski definition) is 10. The number of benzene rings is 1. The third-order valence-corrected chi connectivity index (χ3v) is 6.59. The second kappa shape index (κ2) is 12.1. The van der Waals surface area contributed by atoms with Crippen LogP contribution in [0.3, 0.4) is 0 Å². The maximum absolute atomic E-state index is 10.1. The van der Waals surface area contributed by atoms with Gasteiger partial charge in [-0.1, -0.05) is 36.4 Å². The van der Waals surface area contributed by atoms with Gasteiger partial charge in [-0.15, -0.1) is 0 Å². The molecule has 1 aromatic carbocycles. The van der Waals surface area contributed by atoms with Crippen molar-refractivity contribution in [1.29, 1.82) is 0 Å². The molecule has 0 amide bonds. The third kappa shape index (κ3) is 6.15. The molecule has 2 saturated heterocycles. The van der Waals surface area contributed by atoms with Gasteiger partial charge in [0.1, 0.15) is 24.4 Å². The summed E-state index contributed by atoms with van der Waals surface area (Å²) in [6, 6.07) is 6.49. The summed E-state index contributed by atoms with van der Waals surface area (Å²) in [6.45, 7) is -0.482. The number of piperidine rings is 2. The van der Waals surface area contributed by atoms with Crippen molar-refractivity contribution >= 4 is 0 Å². The first-order chi connectivity index (χ1) is 16.3. The Balaban J connectivity index is 1.58. The number of nitrogens with zero attached hydrogens (tertiary/aromatic N) is 2. The fourth-order valence-corrected chi connectivity index (χ4v) is 4.52. The van der Waals surface area contributed by atoms with Crippen LogP contribution in [0.5, 0.6) is 0 Å². The minimum Gasteiger partial charge on any atom is -0.394 e. The Bertz CT molecular complexity index is 774. The second-order valence-corrected chi connectivity index (χ2v) is 8.99. The molecule has 8 atom stereocenters. The largest absolute Gasteiger partial charge is 0.394 e. The van der Waals surface area contributed by atoms with Crippen molar-refractivity contribution in [2.45, 2.75) is 61.5 Å². The normalized spacial score (nSPS) is 34.9. The van der Waals surface area contributed by atoms with E-state index in [2.05, 4.69) is 0 Å². The maximum Gasteiger partial charge on any atom is 0.110 e. The molecule has 0 aliphatic carbocycles. The van der Waals surface area contributed by atoms with E-state index in [9.17, 15) is 40.9 Å². The number of allylic oxidation sites excluding steroid dienone is 2. The van der Waals surface area contributed by atoms with Crippen LogP contribution in [0, 0.1) is 0 Å². The summed E-state index contributed by atoms with van der Waals surface area (Å²) in [5.74, 6) is 0. The highest BCUT2D eigenvalue weighted by atomic mass is 16.4. The van der Waals surface area contributed by atoms with Crippen molar-refractivity contribution in [2.75, 3.05) is 26.3 Å². The zero-order valence-electron chi connectivity index (χ0n) is 19.0. The Morgan fingerprint density at radius 3 is 1.47 bits per heavy atom. The summed E-state index contributed by atoms with van der Waals surface area (Å²) in [4.78, 5) is 3.26. The molecule has 0 bridgehead atoms. The van der Waals surface area contributed by atoms with Crippen LogP contribution in [0.4, 0.5) is 0 Å². The first-order valence-corrected chi connectivity index (χ1v) is 11.5. The summed E-state index contributed by atoms with van der Waals surface area (Å²) < 4.78 is 0. The Morgan fingerprint density at radius 1 is 0.676 bits per heavy atom. The lowest BCUT2D eigenvalue weighted by atomic mass is 9.94. The van der Waals surface area contributed by atoms with Crippen LogP contribution in [0.15, 0.2) is 48.8 Å². The van der Waals surface area contributed by atoms with Crippen molar-refractivity contribution in [3.63, 3.8) is 0 Å². The standard InChI is InChI=1S/C24H36N2O8/c27-13-17-21(31)23(33)19(29)11-25(17)8-2-6-15-4-1-5-16(10-15)7-3-9-26-12-20(30)24(34)22(32)18(26)14-28/h1-5,8-10,17-24,27-34H,6-7,11-14H2. The highest BCUT2D eigenvalue weighted by molar-refractivity contribution is 5.26. The zero-order valence-corrected chi connectivity index (χ0v) is 19.0. The molecule has 10 heteroatoms. The molecule has 8 unspecified atom stereocenters. The monoisotopic (exact) mass is 480 g/mol. The van der Waals surface area contributed by atoms with E-state index in [1.807, 2.05) is 36.4 Å². The van der Waals surface area contributed by atoms with Gasteiger partial charge in [0.2, 0.25) is 0 Å². The molecule has 0 radical (unpaired) electrons. The maximum atomic E-state index is 10.1. The van der Waals surface area contributed by atoms with Crippen LogP contribution < -0.4 is 0 Å². The minimum absolute atomic E-state index is 0.108. The number of aliphatic hydroxyl groups is 8. The van der Waals surface area contributed by atoms with Gasteiger partial charge in [0.15, 0.2) is 0 Å². The van der Waals surface area contributed by atoms with Crippen LogP contribution >= 0.6 is 0 Å². The van der Waals surface area contributed by atoms with Crippen LogP contribution in [0.1, 0.15) is 11.1 Å². The highest BCUT2D eigenvalue weighted by Gasteiger charge is 2.40. The lowest BCUT2D eigenvalue weighted by molar-refractivity contribution is -0.133. The van der Waals surface area contributed by atoms with Gasteiger partial charge < -0.3 is 50.7 Å². The fourth-order valence-electron chi connectivity index (χ4n) is 4.52. The van der Waals surface area contributed by atoms with Gasteiger partial charge in [-0.05, 0) is 36.4 Å². The average Bonchev–Trinajstić information content (AvgIpc) is 2.82. The van der Waals surface area contributed by atoms with Crippen molar-refractivity contribution in [1.82, 2.24) is 9.80 Å². The van der Waals surface area contributed by atoms with Crippen molar-refractivity contribution in [3.8, 4) is 0 Å². The Hall–Kier alpha value is -2.02. The van der Waals surface area contributed by atoms with E-state index >= 15 is 0 Å². The predicted molar refractivity (Wildman–Crippen MR) is 123 cm³/mol. The van der Waals surface area contributed by atoms with Crippen LogP contribution in [0.25, 0.3) is 0 Å². The molecular weight excluding hydrogens is 444 g/mol. The zero-order chi connectivity index (χ0) is 24.8. The molecule has 2 fully saturated rings. The lowest BCUT2D eigenvalue weighted by Crippen LogP contribution is -2.60. The third-order valence-electron chi connectivity index (χ3n) is 6.59. The highest BCUT2D eigenvalue weighted by Crippen LogP contribution is 2.21. The van der Waals surface area contributed by atoms with Gasteiger partial charge in [-0.25, -0.2) is 0 Å². The van der Waals surface area contributed by atoms with E-state index in [-0.39, 0.29) is 26.3 Å². The summed E-state index contributed by atoms with van der Waals surface area (Å²) in [5, 5.41) is 78.6. The second-order valence-electron chi connectivity index (χ2n) is 8.99. The molecule has 34 heavy (non-hydrogen) atoms. The van der Waals surface area contributed by atoms with Crippen LogP contribution in [-0.4, -0.2) is 126 Å². The van der Waals surface area contributed by atoms with Gasteiger partial charge >= 0.3 is 0 Å². The van der Waals surface area contributed by atoms with E-state index in [1.54, 1.807) is 22.2 Å². The Morgan fingerprint density at radius 2 is 1.09 bits per heavy atom. The van der Waals surface area contributed by atoms with Gasteiger partial charge in [-0.2, -0.15) is 0 Å². The van der Waals surface area contributed by atoms with E-state index in [0.717, 1.165) is 11.1 Å². The average molecular weight is 481 g/mol. The van der Waals surface area contributed by atoms with E-state index in [0.29, 0.717) is 12.8 Å². The smallest absolute Gasteiger partial charge is 0.110 e. The van der Waals surface area contributed by atoms with Gasteiger partial charge in [-0.3, -0.25) is 0 Å². The molecule has 2 aliphatic heterocycles. The quantitative estimate of drug-likeness (QED) is 0.196.